The van der Waals surface area contributed by atoms with Crippen molar-refractivity contribution >= 4 is 23.1 Å². The van der Waals surface area contributed by atoms with Crippen molar-refractivity contribution in [2.45, 2.75) is 13.0 Å². The van der Waals surface area contributed by atoms with E-state index in [0.717, 1.165) is 24.3 Å². The van der Waals surface area contributed by atoms with Gasteiger partial charge in [-0.15, -0.1) is 0 Å². The molecule has 3 aromatic rings. The fraction of sp³-hybridized carbons (Fsp3) is 0.304. The summed E-state index contributed by atoms with van der Waals surface area (Å²) >= 11 is 0. The summed E-state index contributed by atoms with van der Waals surface area (Å²) in [5, 5.41) is 2.88. The van der Waals surface area contributed by atoms with E-state index in [1.807, 2.05) is 37.3 Å². The molecule has 0 saturated carbocycles. The molecule has 172 valence electrons. The topological polar surface area (TPSA) is 142 Å². The van der Waals surface area contributed by atoms with E-state index in [2.05, 4.69) is 25.2 Å². The lowest BCUT2D eigenvalue weighted by atomic mass is 10.1. The summed E-state index contributed by atoms with van der Waals surface area (Å²) in [6.07, 6.45) is 4.70. The predicted molar refractivity (Wildman–Crippen MR) is 126 cm³/mol. The van der Waals surface area contributed by atoms with Crippen LogP contribution in [0.5, 0.6) is 5.75 Å². The van der Waals surface area contributed by atoms with Crippen LogP contribution in [0.15, 0.2) is 48.9 Å². The van der Waals surface area contributed by atoms with Crippen LogP contribution in [0, 0.1) is 0 Å². The molecule has 33 heavy (non-hydrogen) atoms. The highest BCUT2D eigenvalue weighted by molar-refractivity contribution is 6.07. The second kappa shape index (κ2) is 10.2. The Morgan fingerprint density at radius 3 is 2.88 bits per heavy atom. The molecule has 1 aliphatic heterocycles. The Morgan fingerprint density at radius 2 is 2.09 bits per heavy atom. The lowest BCUT2D eigenvalue weighted by Crippen LogP contribution is -2.36. The fourth-order valence-electron chi connectivity index (χ4n) is 3.46. The zero-order valence-corrected chi connectivity index (χ0v) is 18.4. The first-order valence-corrected chi connectivity index (χ1v) is 10.7. The molecular weight excluding hydrogens is 422 g/mol. The van der Waals surface area contributed by atoms with Crippen LogP contribution < -0.4 is 26.4 Å². The number of nitrogens with zero attached hydrogens (tertiary/aromatic N) is 4. The summed E-state index contributed by atoms with van der Waals surface area (Å²) in [6.45, 7) is 5.00. The molecule has 1 aromatic carbocycles. The number of nitrogens with two attached hydrogens (primary N) is 2. The molecule has 0 bridgehead atoms. The number of rotatable bonds is 7. The number of hydrogen-bond donors (Lipinski definition) is 3. The number of pyridine rings is 1. The van der Waals surface area contributed by atoms with Crippen molar-refractivity contribution in [1.29, 1.82) is 0 Å². The molecule has 5 N–H and O–H groups in total. The molecule has 2 aromatic heterocycles. The van der Waals surface area contributed by atoms with Crippen molar-refractivity contribution in [3.63, 3.8) is 0 Å². The Morgan fingerprint density at radius 1 is 1.27 bits per heavy atom. The SMILES string of the molecule is CC(CN)Oc1cccc(-c2cnc(N)c(C(=O)Nc3cnccc3N3CCOCC3)n2)c1. The highest BCUT2D eigenvalue weighted by Crippen LogP contribution is 2.27. The maximum Gasteiger partial charge on any atom is 0.278 e. The van der Waals surface area contributed by atoms with Crippen LogP contribution in [-0.2, 0) is 4.74 Å². The van der Waals surface area contributed by atoms with Crippen LogP contribution >= 0.6 is 0 Å². The average Bonchev–Trinajstić information content (AvgIpc) is 2.85. The van der Waals surface area contributed by atoms with Gasteiger partial charge in [0.05, 0.1) is 42.7 Å². The standard InChI is InChI=1S/C23H27N7O3/c1-15(12-24)33-17-4-2-3-16(11-17)18-14-27-22(25)21(28-18)23(31)29-19-13-26-6-5-20(19)30-7-9-32-10-8-30/h2-6,11,13-15H,7-10,12,24H2,1H3,(H2,25,27)(H,29,31). The largest absolute Gasteiger partial charge is 0.489 e. The number of aromatic nitrogens is 3. The summed E-state index contributed by atoms with van der Waals surface area (Å²) in [5.41, 5.74) is 14.4. The summed E-state index contributed by atoms with van der Waals surface area (Å²) < 4.78 is 11.2. The van der Waals surface area contributed by atoms with Gasteiger partial charge in [-0.3, -0.25) is 9.78 Å². The van der Waals surface area contributed by atoms with Gasteiger partial charge >= 0.3 is 0 Å². The molecule has 1 unspecified atom stereocenters. The van der Waals surface area contributed by atoms with Crippen molar-refractivity contribution < 1.29 is 14.3 Å². The van der Waals surface area contributed by atoms with E-state index in [0.29, 0.717) is 36.9 Å². The van der Waals surface area contributed by atoms with Crippen LogP contribution in [-0.4, -0.2) is 59.8 Å². The smallest absolute Gasteiger partial charge is 0.278 e. The molecule has 1 fully saturated rings. The molecule has 1 atom stereocenters. The van der Waals surface area contributed by atoms with Gasteiger partial charge in [0, 0.05) is 31.4 Å². The average molecular weight is 450 g/mol. The molecular formula is C23H27N7O3. The molecule has 1 saturated heterocycles. The second-order valence-corrected chi connectivity index (χ2v) is 7.63. The third-order valence-electron chi connectivity index (χ3n) is 5.21. The van der Waals surface area contributed by atoms with Gasteiger partial charge in [0.25, 0.3) is 5.91 Å². The Hall–Kier alpha value is -3.76. The number of nitrogens with one attached hydrogen (secondary N) is 1. The lowest BCUT2D eigenvalue weighted by Gasteiger charge is -2.30. The maximum absolute atomic E-state index is 13.1. The summed E-state index contributed by atoms with van der Waals surface area (Å²) in [4.78, 5) is 28.1. The number of morpholine rings is 1. The molecule has 1 amide bonds. The van der Waals surface area contributed by atoms with Gasteiger partial charge in [-0.25, -0.2) is 9.97 Å². The second-order valence-electron chi connectivity index (χ2n) is 7.63. The van der Waals surface area contributed by atoms with Crippen molar-refractivity contribution in [2.24, 2.45) is 5.73 Å². The molecule has 0 spiro atoms. The summed E-state index contributed by atoms with van der Waals surface area (Å²) in [5.74, 6) is 0.228. The first kappa shape index (κ1) is 22.4. The molecule has 0 radical (unpaired) electrons. The zero-order valence-electron chi connectivity index (χ0n) is 18.4. The van der Waals surface area contributed by atoms with Gasteiger partial charge in [-0.2, -0.15) is 0 Å². The van der Waals surface area contributed by atoms with E-state index in [9.17, 15) is 4.79 Å². The van der Waals surface area contributed by atoms with E-state index < -0.39 is 5.91 Å². The van der Waals surface area contributed by atoms with Crippen molar-refractivity contribution in [2.75, 3.05) is 48.8 Å². The van der Waals surface area contributed by atoms with Crippen LogP contribution in [0.3, 0.4) is 0 Å². The minimum Gasteiger partial charge on any atom is -0.489 e. The third-order valence-corrected chi connectivity index (χ3v) is 5.21. The number of benzene rings is 1. The Balaban J connectivity index is 1.58. The van der Waals surface area contributed by atoms with E-state index in [1.165, 1.54) is 6.20 Å². The molecule has 4 rings (SSSR count). The van der Waals surface area contributed by atoms with Crippen LogP contribution in [0.4, 0.5) is 17.2 Å². The van der Waals surface area contributed by atoms with E-state index in [-0.39, 0.29) is 17.6 Å². The third kappa shape index (κ3) is 5.36. The number of carbonyl (C=O) groups is 1. The number of amides is 1. The van der Waals surface area contributed by atoms with E-state index in [4.69, 9.17) is 20.9 Å². The van der Waals surface area contributed by atoms with Crippen molar-refractivity contribution in [3.05, 3.63) is 54.6 Å². The lowest BCUT2D eigenvalue weighted by molar-refractivity contribution is 0.102. The molecule has 3 heterocycles. The number of hydrogen-bond acceptors (Lipinski definition) is 9. The normalized spacial score (nSPS) is 14.5. The fourth-order valence-corrected chi connectivity index (χ4v) is 3.46. The van der Waals surface area contributed by atoms with Gasteiger partial charge in [-0.05, 0) is 25.1 Å². The van der Waals surface area contributed by atoms with Crippen molar-refractivity contribution in [3.8, 4) is 17.0 Å². The first-order valence-electron chi connectivity index (χ1n) is 10.7. The minimum absolute atomic E-state index is 0.0333. The van der Waals surface area contributed by atoms with Gasteiger partial charge in [0.15, 0.2) is 11.5 Å². The van der Waals surface area contributed by atoms with Crippen LogP contribution in [0.25, 0.3) is 11.3 Å². The van der Waals surface area contributed by atoms with Crippen LogP contribution in [0.1, 0.15) is 17.4 Å². The number of carbonyl (C=O) groups excluding carboxylic acids is 1. The Bertz CT molecular complexity index is 1120. The molecule has 1 aliphatic rings. The number of ether oxygens (including phenoxy) is 2. The minimum atomic E-state index is -0.464. The first-order chi connectivity index (χ1) is 16.0. The number of anilines is 3. The van der Waals surface area contributed by atoms with Gasteiger partial charge in [0.2, 0.25) is 0 Å². The van der Waals surface area contributed by atoms with Gasteiger partial charge in [0.1, 0.15) is 11.9 Å². The quantitative estimate of drug-likeness (QED) is 0.493. The Labute approximate surface area is 191 Å². The highest BCUT2D eigenvalue weighted by atomic mass is 16.5. The maximum atomic E-state index is 13.1. The highest BCUT2D eigenvalue weighted by Gasteiger charge is 2.20. The van der Waals surface area contributed by atoms with Gasteiger partial charge in [-0.1, -0.05) is 12.1 Å². The predicted octanol–water partition coefficient (Wildman–Crippen LogP) is 1.94. The van der Waals surface area contributed by atoms with Crippen molar-refractivity contribution in [1.82, 2.24) is 15.0 Å². The molecule has 10 heteroatoms. The number of nitrogen functional groups attached to an aromatic ring is 1. The van der Waals surface area contributed by atoms with Gasteiger partial charge < -0.3 is 31.2 Å². The van der Waals surface area contributed by atoms with E-state index in [1.54, 1.807) is 12.4 Å². The monoisotopic (exact) mass is 449 g/mol. The molecule has 0 aliphatic carbocycles. The Kier molecular flexibility index (Phi) is 6.96. The zero-order chi connectivity index (χ0) is 23.2. The summed E-state index contributed by atoms with van der Waals surface area (Å²) in [7, 11) is 0. The van der Waals surface area contributed by atoms with Crippen LogP contribution in [0.2, 0.25) is 0 Å². The summed E-state index contributed by atoms with van der Waals surface area (Å²) in [6, 6.07) is 9.23. The van der Waals surface area contributed by atoms with E-state index >= 15 is 0 Å². The molecule has 10 nitrogen and oxygen atoms in total.